The number of carbonyl (C=O) groups excluding carboxylic acids is 1. The normalized spacial score (nSPS) is 17.3. The average Bonchev–Trinajstić information content (AvgIpc) is 3.13. The first-order valence-corrected chi connectivity index (χ1v) is 11.4. The van der Waals surface area contributed by atoms with Crippen LogP contribution >= 0.6 is 34.9 Å². The smallest absolute Gasteiger partial charge is 0.233 e. The van der Waals surface area contributed by atoms with Crippen LogP contribution in [-0.2, 0) is 10.5 Å². The number of methoxy groups -OCH3 is 1. The van der Waals surface area contributed by atoms with E-state index in [2.05, 4.69) is 29.3 Å². The van der Waals surface area contributed by atoms with Gasteiger partial charge in [0, 0.05) is 18.8 Å². The number of hydrogen-bond acceptors (Lipinski definition) is 7. The van der Waals surface area contributed by atoms with Crippen molar-refractivity contribution >= 4 is 40.8 Å². The highest BCUT2D eigenvalue weighted by Crippen LogP contribution is 2.31. The predicted molar refractivity (Wildman–Crippen MR) is 108 cm³/mol. The number of piperidine rings is 1. The number of thioether (sulfide) groups is 2. The minimum Gasteiger partial charge on any atom is -0.497 e. The lowest BCUT2D eigenvalue weighted by Crippen LogP contribution is -2.40. The molecule has 0 radical (unpaired) electrons. The van der Waals surface area contributed by atoms with Crippen molar-refractivity contribution in [3.05, 3.63) is 29.8 Å². The SMILES string of the molecule is COc1ccc(CSc2nnc(SCC(=O)N3CCC[C@@H](C)C3)s2)cc1. The highest BCUT2D eigenvalue weighted by atomic mass is 32.2. The monoisotopic (exact) mass is 409 g/mol. The van der Waals surface area contributed by atoms with Crippen LogP contribution in [0.4, 0.5) is 0 Å². The molecule has 2 aromatic rings. The van der Waals surface area contributed by atoms with Crippen molar-refractivity contribution in [2.24, 2.45) is 5.92 Å². The fourth-order valence-corrected chi connectivity index (χ4v) is 5.69. The van der Waals surface area contributed by atoms with Crippen molar-refractivity contribution in [2.75, 3.05) is 26.0 Å². The first kappa shape index (κ1) is 19.5. The van der Waals surface area contributed by atoms with Crippen LogP contribution in [0.1, 0.15) is 25.3 Å². The van der Waals surface area contributed by atoms with Gasteiger partial charge in [-0.1, -0.05) is 53.9 Å². The molecule has 0 spiro atoms. The molecule has 2 heterocycles. The molecule has 1 atom stereocenters. The third kappa shape index (κ3) is 5.62. The van der Waals surface area contributed by atoms with Crippen molar-refractivity contribution < 1.29 is 9.53 Å². The summed E-state index contributed by atoms with van der Waals surface area (Å²) in [6.45, 7) is 3.99. The molecule has 5 nitrogen and oxygen atoms in total. The Morgan fingerprint density at radius 3 is 2.69 bits per heavy atom. The number of carbonyl (C=O) groups is 1. The lowest BCUT2D eigenvalue weighted by Gasteiger charge is -2.30. The Morgan fingerprint density at radius 2 is 2.00 bits per heavy atom. The Bertz CT molecular complexity index is 721. The van der Waals surface area contributed by atoms with E-state index in [1.165, 1.54) is 23.7 Å². The number of hydrogen-bond donors (Lipinski definition) is 0. The summed E-state index contributed by atoms with van der Waals surface area (Å²) < 4.78 is 6.96. The van der Waals surface area contributed by atoms with Crippen LogP contribution in [0.25, 0.3) is 0 Å². The summed E-state index contributed by atoms with van der Waals surface area (Å²) >= 11 is 4.72. The van der Waals surface area contributed by atoms with Gasteiger partial charge in [-0.15, -0.1) is 10.2 Å². The summed E-state index contributed by atoms with van der Waals surface area (Å²) in [5, 5.41) is 8.44. The van der Waals surface area contributed by atoms with Gasteiger partial charge in [-0.2, -0.15) is 0 Å². The van der Waals surface area contributed by atoms with E-state index in [1.54, 1.807) is 30.2 Å². The van der Waals surface area contributed by atoms with E-state index in [9.17, 15) is 4.79 Å². The van der Waals surface area contributed by atoms with E-state index in [-0.39, 0.29) is 5.91 Å². The minimum absolute atomic E-state index is 0.212. The molecule has 0 aliphatic carbocycles. The highest BCUT2D eigenvalue weighted by Gasteiger charge is 2.21. The van der Waals surface area contributed by atoms with Gasteiger partial charge in [-0.05, 0) is 36.5 Å². The number of aromatic nitrogens is 2. The highest BCUT2D eigenvalue weighted by molar-refractivity contribution is 8.03. The lowest BCUT2D eigenvalue weighted by atomic mass is 10.0. The van der Waals surface area contributed by atoms with Gasteiger partial charge in [0.25, 0.3) is 0 Å². The molecule has 140 valence electrons. The Labute approximate surface area is 166 Å². The molecule has 8 heteroatoms. The molecule has 1 fully saturated rings. The maximum absolute atomic E-state index is 12.3. The molecule has 0 unspecified atom stereocenters. The number of nitrogens with zero attached hydrogens (tertiary/aromatic N) is 3. The van der Waals surface area contributed by atoms with E-state index in [0.29, 0.717) is 11.7 Å². The van der Waals surface area contributed by atoms with Gasteiger partial charge in [0.2, 0.25) is 5.91 Å². The zero-order chi connectivity index (χ0) is 18.4. The Morgan fingerprint density at radius 1 is 1.27 bits per heavy atom. The van der Waals surface area contributed by atoms with E-state index in [1.807, 2.05) is 17.0 Å². The molecule has 1 saturated heterocycles. The van der Waals surface area contributed by atoms with Crippen molar-refractivity contribution in [1.29, 1.82) is 0 Å². The van der Waals surface area contributed by atoms with Gasteiger partial charge in [0.05, 0.1) is 12.9 Å². The summed E-state index contributed by atoms with van der Waals surface area (Å²) in [7, 11) is 1.67. The van der Waals surface area contributed by atoms with Crippen molar-refractivity contribution in [2.45, 2.75) is 34.2 Å². The number of benzene rings is 1. The standard InChI is InChI=1S/C18H23N3O2S3/c1-13-4-3-9-21(10-13)16(22)12-25-18-20-19-17(26-18)24-11-14-5-7-15(23-2)8-6-14/h5-8,13H,3-4,9-12H2,1-2H3/t13-/m1/s1. The third-order valence-electron chi connectivity index (χ3n) is 4.24. The average molecular weight is 410 g/mol. The van der Waals surface area contributed by atoms with Crippen LogP contribution in [0.3, 0.4) is 0 Å². The molecule has 26 heavy (non-hydrogen) atoms. The quantitative estimate of drug-likeness (QED) is 0.639. The zero-order valence-corrected chi connectivity index (χ0v) is 17.5. The van der Waals surface area contributed by atoms with Crippen LogP contribution in [0.15, 0.2) is 32.9 Å². The summed E-state index contributed by atoms with van der Waals surface area (Å²) in [5.41, 5.74) is 1.22. The van der Waals surface area contributed by atoms with Crippen molar-refractivity contribution in [3.8, 4) is 5.75 Å². The molecule has 0 N–H and O–H groups in total. The Hall–Kier alpha value is -1.25. The summed E-state index contributed by atoms with van der Waals surface area (Å²) in [5.74, 6) is 2.98. The molecule has 1 amide bonds. The van der Waals surface area contributed by atoms with Crippen LogP contribution in [0, 0.1) is 5.92 Å². The molecular weight excluding hydrogens is 386 g/mol. The van der Waals surface area contributed by atoms with Crippen LogP contribution in [0.5, 0.6) is 5.75 Å². The molecule has 1 aromatic carbocycles. The van der Waals surface area contributed by atoms with Gasteiger partial charge in [-0.25, -0.2) is 0 Å². The first-order valence-electron chi connectivity index (χ1n) is 8.64. The molecule has 1 aliphatic heterocycles. The summed E-state index contributed by atoms with van der Waals surface area (Å²) in [6.07, 6.45) is 2.34. The second-order valence-corrected chi connectivity index (χ2v) is 9.77. The van der Waals surface area contributed by atoms with E-state index >= 15 is 0 Å². The van der Waals surface area contributed by atoms with Crippen LogP contribution in [0.2, 0.25) is 0 Å². The van der Waals surface area contributed by atoms with Gasteiger partial charge in [0.15, 0.2) is 8.68 Å². The van der Waals surface area contributed by atoms with E-state index < -0.39 is 0 Å². The largest absolute Gasteiger partial charge is 0.497 e. The summed E-state index contributed by atoms with van der Waals surface area (Å²) in [4.78, 5) is 14.3. The number of ether oxygens (including phenoxy) is 1. The fraction of sp³-hybridized carbons (Fsp3) is 0.500. The lowest BCUT2D eigenvalue weighted by molar-refractivity contribution is -0.130. The van der Waals surface area contributed by atoms with Crippen molar-refractivity contribution in [3.63, 3.8) is 0 Å². The van der Waals surface area contributed by atoms with Crippen LogP contribution < -0.4 is 4.74 Å². The van der Waals surface area contributed by atoms with Crippen molar-refractivity contribution in [1.82, 2.24) is 15.1 Å². The number of likely N-dealkylation sites (tertiary alicyclic amines) is 1. The Kier molecular flexibility index (Phi) is 7.22. The van der Waals surface area contributed by atoms with Gasteiger partial charge in [0.1, 0.15) is 5.75 Å². The van der Waals surface area contributed by atoms with Crippen LogP contribution in [-0.4, -0.2) is 47.0 Å². The van der Waals surface area contributed by atoms with Gasteiger partial charge < -0.3 is 9.64 Å². The number of amides is 1. The Balaban J connectivity index is 1.44. The second-order valence-electron chi connectivity index (χ2n) is 6.35. The third-order valence-corrected chi connectivity index (χ3v) is 7.48. The van der Waals surface area contributed by atoms with Gasteiger partial charge in [-0.3, -0.25) is 4.79 Å². The molecule has 3 rings (SSSR count). The minimum atomic E-state index is 0.212. The zero-order valence-electron chi connectivity index (χ0n) is 15.0. The van der Waals surface area contributed by atoms with E-state index in [0.717, 1.165) is 39.7 Å². The maximum atomic E-state index is 12.3. The number of rotatable bonds is 7. The molecular formula is C18H23N3O2S3. The first-order chi connectivity index (χ1) is 12.6. The molecule has 1 aliphatic rings. The maximum Gasteiger partial charge on any atom is 0.233 e. The topological polar surface area (TPSA) is 55.3 Å². The molecule has 0 saturated carbocycles. The second kappa shape index (κ2) is 9.62. The fourth-order valence-electron chi connectivity index (χ4n) is 2.81. The molecule has 0 bridgehead atoms. The molecule has 1 aromatic heterocycles. The van der Waals surface area contributed by atoms with Gasteiger partial charge >= 0.3 is 0 Å². The predicted octanol–water partition coefficient (Wildman–Crippen LogP) is 4.19. The van der Waals surface area contributed by atoms with E-state index in [4.69, 9.17) is 4.74 Å². The summed E-state index contributed by atoms with van der Waals surface area (Å²) in [6, 6.07) is 8.04.